The van der Waals surface area contributed by atoms with Crippen LogP contribution in [-0.2, 0) is 11.2 Å². The van der Waals surface area contributed by atoms with Gasteiger partial charge in [0, 0.05) is 11.7 Å². The van der Waals surface area contributed by atoms with Gasteiger partial charge in [0.05, 0.1) is 0 Å². The average molecular weight is 290 g/mol. The average Bonchev–Trinajstić information content (AvgIpc) is 2.79. The normalized spacial score (nSPS) is 19.8. The zero-order valence-corrected chi connectivity index (χ0v) is 12.7. The number of carboxylic acid groups (broad SMARTS) is 1. The van der Waals surface area contributed by atoms with Gasteiger partial charge in [0.2, 0.25) is 0 Å². The van der Waals surface area contributed by atoms with E-state index in [2.05, 4.69) is 5.32 Å². The molecule has 0 fully saturated rings. The summed E-state index contributed by atoms with van der Waals surface area (Å²) in [6.45, 7) is 5.72. The number of nitrogens with one attached hydrogen (secondary N) is 1. The quantitative estimate of drug-likeness (QED) is 0.895. The second-order valence-corrected chi connectivity index (χ2v) is 5.70. The molecule has 5 nitrogen and oxygen atoms in total. The highest BCUT2D eigenvalue weighted by Crippen LogP contribution is 2.31. The zero-order valence-electron chi connectivity index (χ0n) is 12.7. The number of urea groups is 1. The number of nitrogens with zero attached hydrogens (tertiary/aromatic N) is 1. The number of para-hydroxylation sites is 1. The van der Waals surface area contributed by atoms with Crippen LogP contribution in [-0.4, -0.2) is 29.2 Å². The van der Waals surface area contributed by atoms with Crippen molar-refractivity contribution in [1.29, 1.82) is 0 Å². The smallest absolute Gasteiger partial charge is 0.326 e. The first-order chi connectivity index (χ1) is 9.95. The topological polar surface area (TPSA) is 69.6 Å². The van der Waals surface area contributed by atoms with Crippen molar-refractivity contribution in [3.8, 4) is 0 Å². The first-order valence-corrected chi connectivity index (χ1v) is 7.36. The number of fused-ring (bicyclic) bond motifs is 1. The van der Waals surface area contributed by atoms with Gasteiger partial charge in [-0.15, -0.1) is 0 Å². The minimum atomic E-state index is -0.988. The summed E-state index contributed by atoms with van der Waals surface area (Å²) in [4.78, 5) is 25.5. The van der Waals surface area contributed by atoms with Crippen molar-refractivity contribution in [1.82, 2.24) is 5.32 Å². The molecule has 2 amide bonds. The number of benzene rings is 1. The highest BCUT2D eigenvalue weighted by molar-refractivity contribution is 5.97. The fraction of sp³-hybridized carbons (Fsp3) is 0.500. The summed E-state index contributed by atoms with van der Waals surface area (Å²) < 4.78 is 0. The van der Waals surface area contributed by atoms with E-state index in [0.717, 1.165) is 17.7 Å². The predicted molar refractivity (Wildman–Crippen MR) is 81.5 cm³/mol. The van der Waals surface area contributed by atoms with Crippen LogP contribution in [0.15, 0.2) is 24.3 Å². The van der Waals surface area contributed by atoms with E-state index in [1.54, 1.807) is 4.90 Å². The molecule has 0 spiro atoms. The van der Waals surface area contributed by atoms with Crippen LogP contribution in [0.4, 0.5) is 10.5 Å². The molecule has 0 aromatic heterocycles. The van der Waals surface area contributed by atoms with Gasteiger partial charge in [0.1, 0.15) is 6.04 Å². The molecule has 0 saturated carbocycles. The van der Waals surface area contributed by atoms with Crippen molar-refractivity contribution in [3.05, 3.63) is 29.8 Å². The van der Waals surface area contributed by atoms with Crippen molar-refractivity contribution in [3.63, 3.8) is 0 Å². The van der Waals surface area contributed by atoms with Crippen LogP contribution in [0.25, 0.3) is 0 Å². The van der Waals surface area contributed by atoms with Crippen LogP contribution in [0, 0.1) is 5.92 Å². The van der Waals surface area contributed by atoms with Crippen molar-refractivity contribution in [2.24, 2.45) is 5.92 Å². The number of carboxylic acids is 1. The lowest BCUT2D eigenvalue weighted by Gasteiger charge is -2.27. The third-order valence-corrected chi connectivity index (χ3v) is 4.18. The second-order valence-electron chi connectivity index (χ2n) is 5.70. The molecule has 1 aromatic rings. The van der Waals surface area contributed by atoms with Crippen molar-refractivity contribution in [2.45, 2.75) is 45.7 Å². The number of anilines is 1. The van der Waals surface area contributed by atoms with Crippen LogP contribution < -0.4 is 10.2 Å². The Morgan fingerprint density at radius 3 is 2.71 bits per heavy atom. The van der Waals surface area contributed by atoms with Gasteiger partial charge in [-0.25, -0.2) is 9.59 Å². The third kappa shape index (κ3) is 3.01. The van der Waals surface area contributed by atoms with Crippen molar-refractivity contribution in [2.75, 3.05) is 4.90 Å². The minimum Gasteiger partial charge on any atom is -0.480 e. The summed E-state index contributed by atoms with van der Waals surface area (Å²) in [6.07, 6.45) is 1.49. The molecule has 0 radical (unpaired) electrons. The Balaban J connectivity index is 2.18. The minimum absolute atomic E-state index is 0.0359. The Morgan fingerprint density at radius 1 is 1.43 bits per heavy atom. The summed E-state index contributed by atoms with van der Waals surface area (Å²) in [6, 6.07) is 6.59. The Bertz CT molecular complexity index is 544. The zero-order chi connectivity index (χ0) is 15.6. The predicted octanol–water partition coefficient (Wildman–Crippen LogP) is 2.65. The first kappa shape index (κ1) is 15.4. The molecular weight excluding hydrogens is 268 g/mol. The van der Waals surface area contributed by atoms with E-state index < -0.39 is 12.0 Å². The molecule has 2 N–H and O–H groups in total. The molecule has 0 saturated heterocycles. The van der Waals surface area contributed by atoms with E-state index in [9.17, 15) is 14.7 Å². The Labute approximate surface area is 125 Å². The molecule has 1 heterocycles. The summed E-state index contributed by atoms with van der Waals surface area (Å²) in [5, 5.41) is 12.0. The third-order valence-electron chi connectivity index (χ3n) is 4.18. The van der Waals surface area contributed by atoms with E-state index in [0.29, 0.717) is 6.42 Å². The van der Waals surface area contributed by atoms with Crippen LogP contribution in [0.2, 0.25) is 0 Å². The molecule has 2 rings (SSSR count). The van der Waals surface area contributed by atoms with Crippen molar-refractivity contribution >= 4 is 17.7 Å². The first-order valence-electron chi connectivity index (χ1n) is 7.36. The highest BCUT2D eigenvalue weighted by Gasteiger charge is 2.34. The monoisotopic (exact) mass is 290 g/mol. The molecule has 1 aromatic carbocycles. The largest absolute Gasteiger partial charge is 0.480 e. The summed E-state index contributed by atoms with van der Waals surface area (Å²) >= 11 is 0. The van der Waals surface area contributed by atoms with Crippen LogP contribution in [0.3, 0.4) is 0 Å². The molecule has 0 bridgehead atoms. The van der Waals surface area contributed by atoms with Crippen LogP contribution in [0.1, 0.15) is 32.8 Å². The second kappa shape index (κ2) is 6.16. The van der Waals surface area contributed by atoms with E-state index in [1.807, 2.05) is 45.0 Å². The molecule has 0 aliphatic carbocycles. The van der Waals surface area contributed by atoms with E-state index in [1.165, 1.54) is 0 Å². The van der Waals surface area contributed by atoms with E-state index in [4.69, 9.17) is 0 Å². The highest BCUT2D eigenvalue weighted by atomic mass is 16.4. The Kier molecular flexibility index (Phi) is 4.50. The SMILES string of the molecule is CC[C@H](C)[C@H](NC(=O)N1c2ccccc2CC1C)C(=O)O. The molecule has 5 heteroatoms. The lowest BCUT2D eigenvalue weighted by molar-refractivity contribution is -0.140. The summed E-state index contributed by atoms with van der Waals surface area (Å²) in [5.41, 5.74) is 1.99. The lowest BCUT2D eigenvalue weighted by Crippen LogP contribution is -2.52. The number of hydrogen-bond donors (Lipinski definition) is 2. The standard InChI is InChI=1S/C16H22N2O3/c1-4-10(2)14(15(19)20)17-16(21)18-11(3)9-12-7-5-6-8-13(12)18/h5-8,10-11,14H,4,9H2,1-3H3,(H,17,21)(H,19,20)/t10-,11?,14-/m0/s1. The van der Waals surface area contributed by atoms with Gasteiger partial charge < -0.3 is 10.4 Å². The molecular formula is C16H22N2O3. The molecule has 1 unspecified atom stereocenters. The molecule has 1 aliphatic heterocycles. The number of carbonyl (C=O) groups excluding carboxylic acids is 1. The van der Waals surface area contributed by atoms with Gasteiger partial charge >= 0.3 is 12.0 Å². The number of amides is 2. The maximum Gasteiger partial charge on any atom is 0.326 e. The van der Waals surface area contributed by atoms with Gasteiger partial charge in [-0.05, 0) is 30.9 Å². The maximum absolute atomic E-state index is 12.5. The van der Waals surface area contributed by atoms with Gasteiger partial charge in [-0.2, -0.15) is 0 Å². The van der Waals surface area contributed by atoms with E-state index >= 15 is 0 Å². The Hall–Kier alpha value is -2.04. The fourth-order valence-corrected chi connectivity index (χ4v) is 2.76. The van der Waals surface area contributed by atoms with Crippen molar-refractivity contribution < 1.29 is 14.7 Å². The maximum atomic E-state index is 12.5. The summed E-state index contributed by atoms with van der Waals surface area (Å²) in [7, 11) is 0. The number of aliphatic carboxylic acids is 1. The molecule has 1 aliphatic rings. The van der Waals surface area contributed by atoms with Gasteiger partial charge in [-0.3, -0.25) is 4.90 Å². The van der Waals surface area contributed by atoms with Gasteiger partial charge in [-0.1, -0.05) is 38.5 Å². The summed E-state index contributed by atoms with van der Waals surface area (Å²) in [5.74, 6) is -1.10. The molecule has 3 atom stereocenters. The van der Waals surface area contributed by atoms with Crippen LogP contribution >= 0.6 is 0 Å². The van der Waals surface area contributed by atoms with Gasteiger partial charge in [0.25, 0.3) is 0 Å². The molecule has 21 heavy (non-hydrogen) atoms. The molecule has 114 valence electrons. The van der Waals surface area contributed by atoms with E-state index in [-0.39, 0.29) is 18.0 Å². The van der Waals surface area contributed by atoms with Gasteiger partial charge in [0.15, 0.2) is 0 Å². The number of carbonyl (C=O) groups is 2. The Morgan fingerprint density at radius 2 is 2.10 bits per heavy atom. The lowest BCUT2D eigenvalue weighted by atomic mass is 9.99. The fourth-order valence-electron chi connectivity index (χ4n) is 2.76. The van der Waals surface area contributed by atoms with Crippen LogP contribution in [0.5, 0.6) is 0 Å². The number of rotatable bonds is 4. The number of hydrogen-bond acceptors (Lipinski definition) is 2.